The van der Waals surface area contributed by atoms with Gasteiger partial charge in [0.2, 0.25) is 5.91 Å². The van der Waals surface area contributed by atoms with Crippen molar-refractivity contribution in [3.63, 3.8) is 0 Å². The summed E-state index contributed by atoms with van der Waals surface area (Å²) in [7, 11) is 0. The lowest BCUT2D eigenvalue weighted by molar-refractivity contribution is -0.384. The Labute approximate surface area is 137 Å². The molecule has 2 aromatic carbocycles. The Balaban J connectivity index is 2.63. The van der Waals surface area contributed by atoms with Crippen molar-refractivity contribution in [3.05, 3.63) is 62.1 Å². The second-order valence-corrected chi connectivity index (χ2v) is 5.26. The molecule has 8 nitrogen and oxygen atoms in total. The molecule has 0 fully saturated rings. The molecule has 0 unspecified atom stereocenters. The van der Waals surface area contributed by atoms with Crippen LogP contribution in [0.2, 0.25) is 0 Å². The number of nitro benzene ring substituents is 1. The third-order valence-corrected chi connectivity index (χ3v) is 3.35. The molecular formula is C14H9BrN2O6. The highest BCUT2D eigenvalue weighted by atomic mass is 79.9. The summed E-state index contributed by atoms with van der Waals surface area (Å²) in [5, 5.41) is 20.2. The van der Waals surface area contributed by atoms with Crippen molar-refractivity contribution in [2.45, 2.75) is 0 Å². The zero-order chi connectivity index (χ0) is 17.1. The maximum atomic E-state index is 11.4. The van der Waals surface area contributed by atoms with Crippen LogP contribution in [-0.4, -0.2) is 21.9 Å². The largest absolute Gasteiger partial charge is 0.478 e. The number of hydrogen-bond donors (Lipinski definition) is 2. The fourth-order valence-corrected chi connectivity index (χ4v) is 2.10. The molecule has 23 heavy (non-hydrogen) atoms. The SMILES string of the molecule is NC(=O)c1cc([N+](=O)[O-])cc(Oc2ccc(Br)cc2)c1C(=O)O. The summed E-state index contributed by atoms with van der Waals surface area (Å²) in [5.41, 5.74) is 3.58. The molecule has 118 valence electrons. The van der Waals surface area contributed by atoms with Crippen LogP contribution >= 0.6 is 15.9 Å². The van der Waals surface area contributed by atoms with Crippen molar-refractivity contribution in [2.75, 3.05) is 0 Å². The second kappa shape index (κ2) is 6.44. The molecule has 0 saturated carbocycles. The minimum atomic E-state index is -1.49. The zero-order valence-corrected chi connectivity index (χ0v) is 12.9. The summed E-state index contributed by atoms with van der Waals surface area (Å²) >= 11 is 3.23. The monoisotopic (exact) mass is 380 g/mol. The summed E-state index contributed by atoms with van der Waals surface area (Å²) in [4.78, 5) is 33.0. The van der Waals surface area contributed by atoms with Gasteiger partial charge in [0.05, 0.1) is 16.6 Å². The van der Waals surface area contributed by atoms with Crippen LogP contribution in [0.4, 0.5) is 5.69 Å². The Hall–Kier alpha value is -2.94. The van der Waals surface area contributed by atoms with Gasteiger partial charge in [-0.1, -0.05) is 15.9 Å². The summed E-state index contributed by atoms with van der Waals surface area (Å²) in [6.45, 7) is 0. The van der Waals surface area contributed by atoms with Gasteiger partial charge in [-0.2, -0.15) is 0 Å². The number of carbonyl (C=O) groups excluding carboxylic acids is 1. The average Bonchev–Trinajstić information content (AvgIpc) is 2.48. The van der Waals surface area contributed by atoms with E-state index >= 15 is 0 Å². The quantitative estimate of drug-likeness (QED) is 0.604. The van der Waals surface area contributed by atoms with Gasteiger partial charge in [-0.3, -0.25) is 14.9 Å². The average molecular weight is 381 g/mol. The van der Waals surface area contributed by atoms with E-state index in [0.29, 0.717) is 0 Å². The van der Waals surface area contributed by atoms with Gasteiger partial charge in [-0.15, -0.1) is 0 Å². The Kier molecular flexibility index (Phi) is 4.60. The minimum Gasteiger partial charge on any atom is -0.478 e. The highest BCUT2D eigenvalue weighted by Crippen LogP contribution is 2.33. The highest BCUT2D eigenvalue weighted by Gasteiger charge is 2.25. The number of carboxylic acid groups (broad SMARTS) is 1. The van der Waals surface area contributed by atoms with Crippen LogP contribution in [0.5, 0.6) is 11.5 Å². The van der Waals surface area contributed by atoms with Crippen molar-refractivity contribution < 1.29 is 24.4 Å². The molecule has 0 bridgehead atoms. The van der Waals surface area contributed by atoms with E-state index in [9.17, 15) is 24.8 Å². The first kappa shape index (κ1) is 16.4. The Bertz CT molecular complexity index is 804. The summed E-state index contributed by atoms with van der Waals surface area (Å²) in [6.07, 6.45) is 0. The molecule has 0 aromatic heterocycles. The number of non-ortho nitro benzene ring substituents is 1. The first-order valence-electron chi connectivity index (χ1n) is 6.08. The number of carboxylic acids is 1. The molecule has 9 heteroatoms. The van der Waals surface area contributed by atoms with Gasteiger partial charge < -0.3 is 15.6 Å². The summed E-state index contributed by atoms with van der Waals surface area (Å²) < 4.78 is 6.16. The van der Waals surface area contributed by atoms with Crippen LogP contribution in [0.15, 0.2) is 40.9 Å². The second-order valence-electron chi connectivity index (χ2n) is 4.35. The number of nitro groups is 1. The maximum absolute atomic E-state index is 11.4. The third-order valence-electron chi connectivity index (χ3n) is 2.82. The molecule has 0 aliphatic heterocycles. The lowest BCUT2D eigenvalue weighted by atomic mass is 10.0. The molecule has 0 saturated heterocycles. The molecule has 0 spiro atoms. The Morgan fingerprint density at radius 2 is 1.83 bits per heavy atom. The predicted octanol–water partition coefficient (Wildman–Crippen LogP) is 2.95. The number of aromatic carboxylic acids is 1. The van der Waals surface area contributed by atoms with E-state index in [-0.39, 0.29) is 11.5 Å². The van der Waals surface area contributed by atoms with Gasteiger partial charge in [-0.25, -0.2) is 4.79 Å². The van der Waals surface area contributed by atoms with Crippen LogP contribution in [0.1, 0.15) is 20.7 Å². The highest BCUT2D eigenvalue weighted by molar-refractivity contribution is 9.10. The van der Waals surface area contributed by atoms with E-state index in [1.807, 2.05) is 0 Å². The van der Waals surface area contributed by atoms with E-state index in [4.69, 9.17) is 10.5 Å². The number of hydrogen-bond acceptors (Lipinski definition) is 5. The lowest BCUT2D eigenvalue weighted by Crippen LogP contribution is -2.17. The van der Waals surface area contributed by atoms with E-state index in [1.165, 1.54) is 12.1 Å². The molecule has 0 aliphatic carbocycles. The molecular weight excluding hydrogens is 372 g/mol. The molecule has 0 atom stereocenters. The molecule has 0 heterocycles. The van der Waals surface area contributed by atoms with E-state index in [2.05, 4.69) is 15.9 Å². The van der Waals surface area contributed by atoms with Crippen molar-refractivity contribution in [3.8, 4) is 11.5 Å². The lowest BCUT2D eigenvalue weighted by Gasteiger charge is -2.11. The van der Waals surface area contributed by atoms with Gasteiger partial charge in [0.1, 0.15) is 17.1 Å². The Morgan fingerprint density at radius 1 is 1.22 bits per heavy atom. The van der Waals surface area contributed by atoms with Crippen LogP contribution < -0.4 is 10.5 Å². The number of halogens is 1. The molecule has 1 amide bonds. The van der Waals surface area contributed by atoms with Crippen LogP contribution in [0.25, 0.3) is 0 Å². The van der Waals surface area contributed by atoms with Gasteiger partial charge in [0, 0.05) is 10.5 Å². The summed E-state index contributed by atoms with van der Waals surface area (Å²) in [6, 6.07) is 8.07. The fourth-order valence-electron chi connectivity index (χ4n) is 1.83. The number of carbonyl (C=O) groups is 2. The van der Waals surface area contributed by atoms with Gasteiger partial charge in [0.25, 0.3) is 5.69 Å². The number of benzene rings is 2. The molecule has 0 aliphatic rings. The topological polar surface area (TPSA) is 133 Å². The maximum Gasteiger partial charge on any atom is 0.340 e. The third kappa shape index (κ3) is 3.64. The van der Waals surface area contributed by atoms with E-state index in [1.54, 1.807) is 12.1 Å². The molecule has 3 N–H and O–H groups in total. The number of rotatable bonds is 5. The summed E-state index contributed by atoms with van der Waals surface area (Å²) in [5.74, 6) is -2.69. The van der Waals surface area contributed by atoms with Crippen molar-refractivity contribution in [2.24, 2.45) is 5.73 Å². The normalized spacial score (nSPS) is 10.1. The molecule has 0 radical (unpaired) electrons. The van der Waals surface area contributed by atoms with E-state index < -0.39 is 33.6 Å². The number of nitrogens with two attached hydrogens (primary N) is 1. The van der Waals surface area contributed by atoms with Crippen LogP contribution in [0, 0.1) is 10.1 Å². The Morgan fingerprint density at radius 3 is 2.30 bits per heavy atom. The predicted molar refractivity (Wildman–Crippen MR) is 82.8 cm³/mol. The van der Waals surface area contributed by atoms with Crippen LogP contribution in [-0.2, 0) is 0 Å². The van der Waals surface area contributed by atoms with Gasteiger partial charge >= 0.3 is 5.97 Å². The van der Waals surface area contributed by atoms with Crippen molar-refractivity contribution in [1.29, 1.82) is 0 Å². The first-order valence-corrected chi connectivity index (χ1v) is 6.88. The number of ether oxygens (including phenoxy) is 1. The van der Waals surface area contributed by atoms with Crippen molar-refractivity contribution >= 4 is 33.5 Å². The first-order chi connectivity index (χ1) is 10.8. The standard InChI is InChI=1S/C14H9BrN2O6/c15-7-1-3-9(4-2-7)23-11-6-8(17(21)22)5-10(13(16)18)12(11)14(19)20/h1-6H,(H2,16,18)(H,19,20). The van der Waals surface area contributed by atoms with E-state index in [0.717, 1.165) is 16.6 Å². The minimum absolute atomic E-state index is 0.242. The number of primary amides is 1. The smallest absolute Gasteiger partial charge is 0.340 e. The van der Waals surface area contributed by atoms with Crippen LogP contribution in [0.3, 0.4) is 0 Å². The number of nitrogens with zero attached hydrogens (tertiary/aromatic N) is 1. The zero-order valence-electron chi connectivity index (χ0n) is 11.4. The number of amides is 1. The van der Waals surface area contributed by atoms with Gasteiger partial charge in [0.15, 0.2) is 0 Å². The fraction of sp³-hybridized carbons (Fsp3) is 0. The van der Waals surface area contributed by atoms with Gasteiger partial charge in [-0.05, 0) is 24.3 Å². The molecule has 2 rings (SSSR count). The van der Waals surface area contributed by atoms with Crippen molar-refractivity contribution in [1.82, 2.24) is 0 Å². The molecule has 2 aromatic rings.